The lowest BCUT2D eigenvalue weighted by molar-refractivity contribution is -0.154. The monoisotopic (exact) mass is 747 g/mol. The molecule has 0 spiro atoms. The SMILES string of the molecule is CCOc1nc(OC)c(CN2C[C@@H]3CN(C(=O)c4ccccc4)CCN3[C@H](C(c3ccccc3)c3ccccc3)C2)c(OCC(F)(F)F)n1.Cl.Cl. The zero-order chi connectivity index (χ0) is 34.4. The van der Waals surface area contributed by atoms with Crippen LogP contribution in [0.15, 0.2) is 91.0 Å². The molecule has 0 saturated carbocycles. The Kier molecular flexibility index (Phi) is 13.9. The molecule has 0 bridgehead atoms. The Balaban J connectivity index is 0.00000292. The van der Waals surface area contributed by atoms with Crippen molar-refractivity contribution in [3.63, 3.8) is 0 Å². The number of methoxy groups -OCH3 is 1. The van der Waals surface area contributed by atoms with Crippen molar-refractivity contribution in [2.24, 2.45) is 0 Å². The Labute approximate surface area is 308 Å². The number of ether oxygens (including phenoxy) is 3. The van der Waals surface area contributed by atoms with Gasteiger partial charge in [0, 0.05) is 62.8 Å². The van der Waals surface area contributed by atoms with Crippen LogP contribution in [-0.2, 0) is 6.54 Å². The van der Waals surface area contributed by atoms with Gasteiger partial charge in [-0.05, 0) is 30.2 Å². The minimum atomic E-state index is -4.58. The molecule has 0 aliphatic carbocycles. The van der Waals surface area contributed by atoms with Crippen LogP contribution in [-0.4, -0.2) is 102 Å². The lowest BCUT2D eigenvalue weighted by Crippen LogP contribution is -2.67. The van der Waals surface area contributed by atoms with Gasteiger partial charge < -0.3 is 19.1 Å². The van der Waals surface area contributed by atoms with E-state index in [1.54, 1.807) is 6.92 Å². The van der Waals surface area contributed by atoms with Crippen molar-refractivity contribution >= 4 is 30.7 Å². The number of fused-ring (bicyclic) bond motifs is 1. The zero-order valence-corrected chi connectivity index (χ0v) is 30.0. The maximum Gasteiger partial charge on any atom is 0.422 e. The van der Waals surface area contributed by atoms with Gasteiger partial charge in [0.1, 0.15) is 0 Å². The quantitative estimate of drug-likeness (QED) is 0.172. The standard InChI is InChI=1S/C37H40F3N5O4.2ClH/c1-3-48-36-41-33(47-2)30(34(42-36)49-25-37(38,39)40)23-43-21-29-22-44(35(46)28-17-11-6-12-18-28)19-20-45(29)31(24-43)32(26-13-7-4-8-14-26)27-15-9-5-10-16-27;;/h4-18,29,31-32H,3,19-25H2,1-2H3;2*1H/t29-,31+;;/m1../s1. The summed E-state index contributed by atoms with van der Waals surface area (Å²) in [5.74, 6) is -0.204. The highest BCUT2D eigenvalue weighted by Crippen LogP contribution is 2.38. The molecule has 1 amide bonds. The van der Waals surface area contributed by atoms with E-state index in [0.29, 0.717) is 43.9 Å². The predicted molar refractivity (Wildman–Crippen MR) is 192 cm³/mol. The number of aromatic nitrogens is 2. The number of alkyl halides is 3. The molecule has 1 aromatic heterocycles. The second-order valence-corrected chi connectivity index (χ2v) is 12.2. The van der Waals surface area contributed by atoms with Gasteiger partial charge in [-0.1, -0.05) is 78.9 Å². The maximum absolute atomic E-state index is 13.6. The summed E-state index contributed by atoms with van der Waals surface area (Å²) in [4.78, 5) is 28.8. The van der Waals surface area contributed by atoms with E-state index in [2.05, 4.69) is 44.0 Å². The first-order valence-electron chi connectivity index (χ1n) is 16.4. The van der Waals surface area contributed by atoms with Crippen molar-refractivity contribution in [2.75, 3.05) is 53.0 Å². The summed E-state index contributed by atoms with van der Waals surface area (Å²) in [5.41, 5.74) is 3.23. The minimum absolute atomic E-state index is 0. The number of hydrogen-bond donors (Lipinski definition) is 0. The third kappa shape index (κ3) is 9.62. The fourth-order valence-corrected chi connectivity index (χ4v) is 6.96. The Morgan fingerprint density at radius 2 is 1.41 bits per heavy atom. The smallest absolute Gasteiger partial charge is 0.422 e. The van der Waals surface area contributed by atoms with E-state index in [0.717, 1.165) is 11.1 Å². The van der Waals surface area contributed by atoms with Crippen LogP contribution in [0.5, 0.6) is 17.8 Å². The highest BCUT2D eigenvalue weighted by molar-refractivity contribution is 5.94. The normalized spacial score (nSPS) is 17.9. The van der Waals surface area contributed by atoms with Crippen LogP contribution >= 0.6 is 24.8 Å². The topological polar surface area (TPSA) is 80.3 Å². The number of benzene rings is 3. The van der Waals surface area contributed by atoms with Gasteiger partial charge in [-0.2, -0.15) is 23.1 Å². The molecule has 9 nitrogen and oxygen atoms in total. The Bertz CT molecular complexity index is 1650. The molecule has 2 atom stereocenters. The molecule has 2 fully saturated rings. The molecule has 3 aromatic carbocycles. The van der Waals surface area contributed by atoms with Crippen molar-refractivity contribution in [1.29, 1.82) is 0 Å². The Hall–Kier alpha value is -4.10. The molecular weight excluding hydrogens is 706 g/mol. The molecule has 0 N–H and O–H groups in total. The Morgan fingerprint density at radius 1 is 0.824 bits per heavy atom. The number of halogens is 5. The summed E-state index contributed by atoms with van der Waals surface area (Å²) in [6.07, 6.45) is -4.58. The molecule has 3 heterocycles. The largest absolute Gasteiger partial charge is 0.481 e. The van der Waals surface area contributed by atoms with Crippen molar-refractivity contribution in [1.82, 2.24) is 24.7 Å². The van der Waals surface area contributed by atoms with Crippen molar-refractivity contribution in [2.45, 2.75) is 37.6 Å². The van der Waals surface area contributed by atoms with Gasteiger partial charge in [0.2, 0.25) is 11.8 Å². The van der Waals surface area contributed by atoms with Gasteiger partial charge in [0.15, 0.2) is 6.61 Å². The first kappa shape index (κ1) is 39.7. The molecule has 6 rings (SSSR count). The van der Waals surface area contributed by atoms with Gasteiger partial charge in [-0.25, -0.2) is 0 Å². The van der Waals surface area contributed by atoms with E-state index in [1.807, 2.05) is 71.6 Å². The minimum Gasteiger partial charge on any atom is -0.481 e. The van der Waals surface area contributed by atoms with Crippen LogP contribution in [0.2, 0.25) is 0 Å². The van der Waals surface area contributed by atoms with Gasteiger partial charge in [0.25, 0.3) is 5.91 Å². The van der Waals surface area contributed by atoms with Crippen molar-refractivity contribution < 1.29 is 32.2 Å². The average Bonchev–Trinajstić information content (AvgIpc) is 3.12. The van der Waals surface area contributed by atoms with E-state index in [4.69, 9.17) is 14.2 Å². The average molecular weight is 749 g/mol. The predicted octanol–water partition coefficient (Wildman–Crippen LogP) is 6.51. The van der Waals surface area contributed by atoms with E-state index in [-0.39, 0.29) is 79.6 Å². The molecule has 14 heteroatoms. The molecule has 274 valence electrons. The van der Waals surface area contributed by atoms with Gasteiger partial charge in [-0.15, -0.1) is 24.8 Å². The maximum atomic E-state index is 13.6. The summed E-state index contributed by atoms with van der Waals surface area (Å²) < 4.78 is 56.3. The molecule has 0 unspecified atom stereocenters. The lowest BCUT2D eigenvalue weighted by Gasteiger charge is -2.53. The van der Waals surface area contributed by atoms with Crippen molar-refractivity contribution in [3.8, 4) is 17.8 Å². The molecule has 2 aliphatic rings. The van der Waals surface area contributed by atoms with E-state index in [1.165, 1.54) is 7.11 Å². The van der Waals surface area contributed by atoms with Crippen LogP contribution in [0.4, 0.5) is 13.2 Å². The van der Waals surface area contributed by atoms with Crippen LogP contribution < -0.4 is 14.2 Å². The summed E-state index contributed by atoms with van der Waals surface area (Å²) in [6, 6.07) is 29.7. The zero-order valence-electron chi connectivity index (χ0n) is 28.4. The van der Waals surface area contributed by atoms with Crippen LogP contribution in [0.1, 0.15) is 39.9 Å². The number of nitrogens with zero attached hydrogens (tertiary/aromatic N) is 5. The van der Waals surface area contributed by atoms with Crippen molar-refractivity contribution in [3.05, 3.63) is 113 Å². The molecule has 2 saturated heterocycles. The van der Waals surface area contributed by atoms with Crippen LogP contribution in [0.3, 0.4) is 0 Å². The number of rotatable bonds is 11. The molecule has 51 heavy (non-hydrogen) atoms. The second kappa shape index (κ2) is 17.9. The fraction of sp³-hybridized carbons (Fsp3) is 0.378. The number of piperazine rings is 2. The summed E-state index contributed by atoms with van der Waals surface area (Å²) in [6.45, 7) is 3.44. The highest BCUT2D eigenvalue weighted by atomic mass is 35.5. The number of amides is 1. The first-order chi connectivity index (χ1) is 23.7. The highest BCUT2D eigenvalue weighted by Gasteiger charge is 2.43. The summed E-state index contributed by atoms with van der Waals surface area (Å²) >= 11 is 0. The van der Waals surface area contributed by atoms with Crippen LogP contribution in [0, 0.1) is 0 Å². The second-order valence-electron chi connectivity index (χ2n) is 12.2. The third-order valence-electron chi connectivity index (χ3n) is 9.01. The number of carbonyl (C=O) groups is 1. The van der Waals surface area contributed by atoms with Gasteiger partial charge >= 0.3 is 12.2 Å². The fourth-order valence-electron chi connectivity index (χ4n) is 6.96. The Morgan fingerprint density at radius 3 is 1.98 bits per heavy atom. The van der Waals surface area contributed by atoms with E-state index < -0.39 is 12.8 Å². The van der Waals surface area contributed by atoms with E-state index >= 15 is 0 Å². The number of carbonyl (C=O) groups excluding carboxylic acids is 1. The molecular formula is C37H42Cl2F3N5O4. The molecule has 2 aliphatic heterocycles. The van der Waals surface area contributed by atoms with Gasteiger partial charge in [-0.3, -0.25) is 14.6 Å². The molecule has 0 radical (unpaired) electrons. The lowest BCUT2D eigenvalue weighted by atomic mass is 9.81. The molecule has 4 aromatic rings. The van der Waals surface area contributed by atoms with E-state index in [9.17, 15) is 18.0 Å². The van der Waals surface area contributed by atoms with Gasteiger partial charge in [0.05, 0.1) is 19.3 Å². The number of hydrogen-bond acceptors (Lipinski definition) is 8. The summed E-state index contributed by atoms with van der Waals surface area (Å²) in [7, 11) is 1.41. The first-order valence-corrected chi connectivity index (χ1v) is 16.4. The van der Waals surface area contributed by atoms with Crippen LogP contribution in [0.25, 0.3) is 0 Å². The summed E-state index contributed by atoms with van der Waals surface area (Å²) in [5, 5.41) is 0. The third-order valence-corrected chi connectivity index (χ3v) is 9.01.